The molecule has 0 unspecified atom stereocenters. The zero-order chi connectivity index (χ0) is 22.1. The van der Waals surface area contributed by atoms with Gasteiger partial charge in [0.25, 0.3) is 0 Å². The van der Waals surface area contributed by atoms with E-state index in [0.29, 0.717) is 21.8 Å². The Morgan fingerprint density at radius 1 is 0.903 bits per heavy atom. The topological polar surface area (TPSA) is 84.5 Å². The molecule has 2 amide bonds. The Bertz CT molecular complexity index is 1040. The van der Waals surface area contributed by atoms with Gasteiger partial charge >= 0.3 is 5.97 Å². The van der Waals surface area contributed by atoms with Gasteiger partial charge in [0.2, 0.25) is 11.8 Å². The molecule has 6 nitrogen and oxygen atoms in total. The minimum Gasteiger partial charge on any atom is -0.462 e. The van der Waals surface area contributed by atoms with Crippen molar-refractivity contribution in [3.05, 3.63) is 71.6 Å². The smallest absolute Gasteiger partial charge is 0.341 e. The van der Waals surface area contributed by atoms with E-state index in [4.69, 9.17) is 4.74 Å². The lowest BCUT2D eigenvalue weighted by Gasteiger charge is -2.09. The van der Waals surface area contributed by atoms with Crippen molar-refractivity contribution in [2.45, 2.75) is 6.92 Å². The molecule has 3 rings (SSSR count). The zero-order valence-corrected chi connectivity index (χ0v) is 18.6. The van der Waals surface area contributed by atoms with E-state index < -0.39 is 5.97 Å². The number of anilines is 2. The molecule has 0 radical (unpaired) electrons. The maximum absolute atomic E-state index is 12.6. The van der Waals surface area contributed by atoms with Gasteiger partial charge in [-0.3, -0.25) is 9.59 Å². The molecule has 0 aliphatic heterocycles. The number of rotatable bonds is 9. The number of amides is 2. The van der Waals surface area contributed by atoms with Crippen LogP contribution in [0.2, 0.25) is 0 Å². The predicted octanol–water partition coefficient (Wildman–Crippen LogP) is 4.90. The summed E-state index contributed by atoms with van der Waals surface area (Å²) in [7, 11) is 0. The molecule has 0 aliphatic rings. The number of para-hydroxylation sites is 1. The largest absolute Gasteiger partial charge is 0.462 e. The number of carbonyl (C=O) groups excluding carboxylic acids is 3. The van der Waals surface area contributed by atoms with Crippen LogP contribution in [0.3, 0.4) is 0 Å². The Balaban J connectivity index is 1.61. The second-order valence-electron chi connectivity index (χ2n) is 6.40. The first-order chi connectivity index (χ1) is 15.1. The van der Waals surface area contributed by atoms with E-state index in [1.165, 1.54) is 23.1 Å². The van der Waals surface area contributed by atoms with Crippen LogP contribution in [0.1, 0.15) is 17.3 Å². The van der Waals surface area contributed by atoms with Crippen LogP contribution in [-0.4, -0.2) is 35.9 Å². The zero-order valence-electron chi connectivity index (χ0n) is 16.9. The molecule has 160 valence electrons. The van der Waals surface area contributed by atoms with Gasteiger partial charge in [0.1, 0.15) is 10.6 Å². The minimum atomic E-state index is -0.479. The number of hydrogen-bond acceptors (Lipinski definition) is 6. The fraction of sp³-hybridized carbons (Fsp3) is 0.174. The van der Waals surface area contributed by atoms with E-state index in [-0.39, 0.29) is 29.9 Å². The Kier molecular flexibility index (Phi) is 8.26. The molecule has 0 fully saturated rings. The van der Waals surface area contributed by atoms with Gasteiger partial charge in [-0.25, -0.2) is 4.79 Å². The van der Waals surface area contributed by atoms with Crippen molar-refractivity contribution < 1.29 is 19.1 Å². The summed E-state index contributed by atoms with van der Waals surface area (Å²) in [5, 5.41) is 7.84. The quantitative estimate of drug-likeness (QED) is 0.449. The Morgan fingerprint density at radius 3 is 2.16 bits per heavy atom. The summed E-state index contributed by atoms with van der Waals surface area (Å²) in [4.78, 5) is 37.0. The van der Waals surface area contributed by atoms with Crippen molar-refractivity contribution in [3.63, 3.8) is 0 Å². The van der Waals surface area contributed by atoms with Gasteiger partial charge in [-0.15, -0.1) is 23.1 Å². The normalized spacial score (nSPS) is 10.4. The molecule has 0 saturated heterocycles. The summed E-state index contributed by atoms with van der Waals surface area (Å²) in [6.07, 6.45) is 0. The van der Waals surface area contributed by atoms with Crippen molar-refractivity contribution >= 4 is 51.6 Å². The average Bonchev–Trinajstić information content (AvgIpc) is 3.18. The molecule has 2 N–H and O–H groups in total. The standard InChI is InChI=1S/C23H22N2O4S2/c1-2-29-23(28)21-18(16-9-5-3-6-10-16)13-31-22(21)25-20(27)15-30-14-19(26)24-17-11-7-4-8-12-17/h3-13H,2,14-15H2,1H3,(H,24,26)(H,25,27). The molecule has 0 saturated carbocycles. The Morgan fingerprint density at radius 2 is 1.52 bits per heavy atom. The van der Waals surface area contributed by atoms with Gasteiger partial charge in [-0.05, 0) is 24.6 Å². The number of ether oxygens (including phenoxy) is 1. The first-order valence-corrected chi connectivity index (χ1v) is 11.7. The Hall–Kier alpha value is -3.10. The molecule has 0 atom stereocenters. The predicted molar refractivity (Wildman–Crippen MR) is 127 cm³/mol. The van der Waals surface area contributed by atoms with Crippen LogP contribution >= 0.6 is 23.1 Å². The van der Waals surface area contributed by atoms with Crippen LogP contribution < -0.4 is 10.6 Å². The fourth-order valence-corrected chi connectivity index (χ4v) is 4.39. The molecule has 31 heavy (non-hydrogen) atoms. The maximum Gasteiger partial charge on any atom is 0.341 e. The molecular formula is C23H22N2O4S2. The van der Waals surface area contributed by atoms with Gasteiger partial charge in [0, 0.05) is 16.6 Å². The molecular weight excluding hydrogens is 432 g/mol. The van der Waals surface area contributed by atoms with E-state index in [1.54, 1.807) is 19.1 Å². The SMILES string of the molecule is CCOC(=O)c1c(-c2ccccc2)csc1NC(=O)CSCC(=O)Nc1ccccc1. The van der Waals surface area contributed by atoms with Crippen LogP contribution in [0.15, 0.2) is 66.0 Å². The summed E-state index contributed by atoms with van der Waals surface area (Å²) in [5.41, 5.74) is 2.64. The molecule has 1 heterocycles. The third-order valence-corrected chi connectivity index (χ3v) is 5.96. The van der Waals surface area contributed by atoms with Crippen molar-refractivity contribution in [2.24, 2.45) is 0 Å². The molecule has 8 heteroatoms. The fourth-order valence-electron chi connectivity index (χ4n) is 2.80. The first kappa shape index (κ1) is 22.6. The molecule has 0 aliphatic carbocycles. The summed E-state index contributed by atoms with van der Waals surface area (Å²) in [6, 6.07) is 18.6. The highest BCUT2D eigenvalue weighted by atomic mass is 32.2. The van der Waals surface area contributed by atoms with Gasteiger partial charge < -0.3 is 15.4 Å². The average molecular weight is 455 g/mol. The van der Waals surface area contributed by atoms with Crippen LogP contribution in [0, 0.1) is 0 Å². The number of thiophene rings is 1. The van der Waals surface area contributed by atoms with Crippen LogP contribution in [0.4, 0.5) is 10.7 Å². The van der Waals surface area contributed by atoms with Crippen molar-refractivity contribution in [3.8, 4) is 11.1 Å². The molecule has 0 spiro atoms. The lowest BCUT2D eigenvalue weighted by Crippen LogP contribution is -2.19. The third-order valence-electron chi connectivity index (χ3n) is 4.13. The first-order valence-electron chi connectivity index (χ1n) is 9.65. The van der Waals surface area contributed by atoms with Crippen LogP contribution in [-0.2, 0) is 14.3 Å². The second kappa shape index (κ2) is 11.3. The maximum atomic E-state index is 12.6. The number of hydrogen-bond donors (Lipinski definition) is 2. The third kappa shape index (κ3) is 6.44. The van der Waals surface area contributed by atoms with Crippen LogP contribution in [0.5, 0.6) is 0 Å². The number of nitrogens with one attached hydrogen (secondary N) is 2. The van der Waals surface area contributed by atoms with Gasteiger partial charge in [-0.2, -0.15) is 0 Å². The van der Waals surface area contributed by atoms with Crippen molar-refractivity contribution in [1.29, 1.82) is 0 Å². The second-order valence-corrected chi connectivity index (χ2v) is 8.26. The molecule has 3 aromatic rings. The van der Waals surface area contributed by atoms with E-state index >= 15 is 0 Å². The van der Waals surface area contributed by atoms with Gasteiger partial charge in [0.05, 0.1) is 18.1 Å². The summed E-state index contributed by atoms with van der Waals surface area (Å²) < 4.78 is 5.20. The summed E-state index contributed by atoms with van der Waals surface area (Å²) >= 11 is 2.47. The Labute approximate surface area is 189 Å². The lowest BCUT2D eigenvalue weighted by molar-refractivity contribution is -0.114. The number of benzene rings is 2. The van der Waals surface area contributed by atoms with E-state index in [2.05, 4.69) is 10.6 Å². The van der Waals surface area contributed by atoms with Gasteiger partial charge in [-0.1, -0.05) is 48.5 Å². The van der Waals surface area contributed by atoms with E-state index in [9.17, 15) is 14.4 Å². The number of thioether (sulfide) groups is 1. The van der Waals surface area contributed by atoms with Gasteiger partial charge in [0.15, 0.2) is 0 Å². The highest BCUT2D eigenvalue weighted by Gasteiger charge is 2.22. The number of carbonyl (C=O) groups is 3. The highest BCUT2D eigenvalue weighted by molar-refractivity contribution is 8.00. The van der Waals surface area contributed by atoms with Crippen molar-refractivity contribution in [2.75, 3.05) is 28.7 Å². The monoisotopic (exact) mass is 454 g/mol. The molecule has 1 aromatic heterocycles. The van der Waals surface area contributed by atoms with E-state index in [0.717, 1.165) is 5.56 Å². The van der Waals surface area contributed by atoms with E-state index in [1.807, 2.05) is 53.9 Å². The lowest BCUT2D eigenvalue weighted by atomic mass is 10.0. The summed E-state index contributed by atoms with van der Waals surface area (Å²) in [5.74, 6) is -0.716. The molecule has 0 bridgehead atoms. The highest BCUT2D eigenvalue weighted by Crippen LogP contribution is 2.36. The van der Waals surface area contributed by atoms with Crippen molar-refractivity contribution in [1.82, 2.24) is 0 Å². The minimum absolute atomic E-state index is 0.0864. The molecule has 2 aromatic carbocycles. The number of esters is 1. The van der Waals surface area contributed by atoms with Crippen LogP contribution in [0.25, 0.3) is 11.1 Å². The summed E-state index contributed by atoms with van der Waals surface area (Å²) in [6.45, 7) is 1.98.